The van der Waals surface area contributed by atoms with Crippen LogP contribution in [0.5, 0.6) is 0 Å². The Hall–Kier alpha value is -3.86. The average molecular weight is 395 g/mol. The minimum absolute atomic E-state index is 0.112. The maximum Gasteiger partial charge on any atom is 0.278 e. The first-order chi connectivity index (χ1) is 14.7. The Morgan fingerprint density at radius 3 is 2.63 bits per heavy atom. The maximum absolute atomic E-state index is 13.2. The van der Waals surface area contributed by atoms with Gasteiger partial charge in [0.05, 0.1) is 24.1 Å². The number of aromatic amines is 1. The highest BCUT2D eigenvalue weighted by atomic mass is 16.3. The molecule has 1 aromatic heterocycles. The van der Waals surface area contributed by atoms with Gasteiger partial charge in [-0.15, -0.1) is 0 Å². The van der Waals surface area contributed by atoms with Crippen molar-refractivity contribution < 1.29 is 4.42 Å². The van der Waals surface area contributed by atoms with Crippen LogP contribution in [0.2, 0.25) is 0 Å². The number of hydrogen-bond acceptors (Lipinski definition) is 3. The van der Waals surface area contributed by atoms with E-state index >= 15 is 0 Å². The Balaban J connectivity index is 1.67. The van der Waals surface area contributed by atoms with Crippen molar-refractivity contribution in [2.75, 3.05) is 0 Å². The van der Waals surface area contributed by atoms with Crippen molar-refractivity contribution in [3.63, 3.8) is 0 Å². The third-order valence-electron chi connectivity index (χ3n) is 5.22. The Morgan fingerprint density at radius 1 is 1.00 bits per heavy atom. The summed E-state index contributed by atoms with van der Waals surface area (Å²) >= 11 is 0. The third-order valence-corrected chi connectivity index (χ3v) is 5.22. The third kappa shape index (κ3) is 3.46. The summed E-state index contributed by atoms with van der Waals surface area (Å²) in [4.78, 5) is 21.4. The summed E-state index contributed by atoms with van der Waals surface area (Å²) in [5.41, 5.74) is 5.51. The maximum atomic E-state index is 13.2. The van der Waals surface area contributed by atoms with Crippen molar-refractivity contribution in [2.24, 2.45) is 0 Å². The number of imidazole rings is 1. The summed E-state index contributed by atoms with van der Waals surface area (Å²) in [6.07, 6.45) is 4.48. The van der Waals surface area contributed by atoms with Crippen LogP contribution in [0.4, 0.5) is 0 Å². The molecule has 1 N–H and O–H groups in total. The van der Waals surface area contributed by atoms with Crippen LogP contribution >= 0.6 is 0 Å². The molecule has 2 aliphatic rings. The molecule has 0 radical (unpaired) electrons. The second kappa shape index (κ2) is 7.52. The highest BCUT2D eigenvalue weighted by Gasteiger charge is 2.21. The zero-order valence-corrected chi connectivity index (χ0v) is 16.6. The first-order valence-corrected chi connectivity index (χ1v) is 9.94. The molecule has 0 saturated heterocycles. The second-order valence-corrected chi connectivity index (χ2v) is 7.49. The topological polar surface area (TPSA) is 63.8 Å². The quantitative estimate of drug-likeness (QED) is 0.467. The number of benzene rings is 2. The van der Waals surface area contributed by atoms with E-state index in [1.165, 1.54) is 0 Å². The monoisotopic (exact) mass is 395 g/mol. The van der Waals surface area contributed by atoms with Crippen LogP contribution in [-0.2, 0) is 12.8 Å². The Labute approximate surface area is 174 Å². The molecular weight excluding hydrogens is 374 g/mol. The SMILES string of the molecule is Cc1cccc(-c2cn3c(=O)c(Cc4ccco4)nc-3c(Cc3ccccc3)[nH]2)c1. The van der Waals surface area contributed by atoms with E-state index in [9.17, 15) is 4.79 Å². The number of H-pyrrole nitrogens is 1. The van der Waals surface area contributed by atoms with E-state index in [1.54, 1.807) is 10.8 Å². The van der Waals surface area contributed by atoms with Gasteiger partial charge in [-0.25, -0.2) is 4.98 Å². The second-order valence-electron chi connectivity index (χ2n) is 7.49. The molecule has 2 aliphatic heterocycles. The van der Waals surface area contributed by atoms with Crippen molar-refractivity contribution in [1.82, 2.24) is 14.5 Å². The Bertz CT molecular complexity index is 1310. The average Bonchev–Trinajstić information content (AvgIpc) is 3.38. The number of aromatic nitrogens is 3. The van der Waals surface area contributed by atoms with E-state index in [4.69, 9.17) is 9.40 Å². The lowest BCUT2D eigenvalue weighted by molar-refractivity contribution is 0.519. The summed E-state index contributed by atoms with van der Waals surface area (Å²) in [6, 6.07) is 22.1. The molecule has 3 aromatic rings. The van der Waals surface area contributed by atoms with Gasteiger partial charge >= 0.3 is 0 Å². The van der Waals surface area contributed by atoms with Crippen LogP contribution in [0.3, 0.4) is 0 Å². The number of hydrogen-bond donors (Lipinski definition) is 1. The fourth-order valence-corrected chi connectivity index (χ4v) is 3.75. The van der Waals surface area contributed by atoms with E-state index in [-0.39, 0.29) is 5.56 Å². The number of nitrogens with one attached hydrogen (secondary N) is 1. The molecule has 0 spiro atoms. The van der Waals surface area contributed by atoms with E-state index in [2.05, 4.69) is 36.2 Å². The zero-order valence-electron chi connectivity index (χ0n) is 16.6. The van der Waals surface area contributed by atoms with Gasteiger partial charge in [0.1, 0.15) is 11.5 Å². The molecule has 0 bridgehead atoms. The number of aryl methyl sites for hydroxylation is 1. The summed E-state index contributed by atoms with van der Waals surface area (Å²) in [6.45, 7) is 2.06. The summed E-state index contributed by atoms with van der Waals surface area (Å²) in [5, 5.41) is 0. The lowest BCUT2D eigenvalue weighted by Gasteiger charge is -2.13. The van der Waals surface area contributed by atoms with Gasteiger partial charge < -0.3 is 9.40 Å². The predicted octanol–water partition coefficient (Wildman–Crippen LogP) is 4.75. The number of furan rings is 1. The highest BCUT2D eigenvalue weighted by molar-refractivity contribution is 5.61. The summed E-state index contributed by atoms with van der Waals surface area (Å²) in [5.74, 6) is 1.38. The standard InChI is InChI=1S/C25H21N3O2/c1-17-7-5-10-19(13-17)23-16-28-24(21(26-23)14-18-8-3-2-4-9-18)27-22(25(28)29)15-20-11-6-12-30-20/h2-13,16,26H,14-15H2,1H3. The van der Waals surface area contributed by atoms with Gasteiger partial charge in [-0.05, 0) is 36.2 Å². The summed E-state index contributed by atoms with van der Waals surface area (Å²) in [7, 11) is 0. The minimum Gasteiger partial charge on any atom is -0.469 e. The van der Waals surface area contributed by atoms with Crippen LogP contribution in [0.15, 0.2) is 88.4 Å². The Morgan fingerprint density at radius 2 is 1.87 bits per heavy atom. The number of nitrogens with zero attached hydrogens (tertiary/aromatic N) is 2. The summed E-state index contributed by atoms with van der Waals surface area (Å²) < 4.78 is 7.08. The Kier molecular flexibility index (Phi) is 4.56. The molecule has 0 amide bonds. The van der Waals surface area contributed by atoms with Crippen molar-refractivity contribution in [1.29, 1.82) is 0 Å². The molecule has 0 saturated carbocycles. The molecule has 0 fully saturated rings. The van der Waals surface area contributed by atoms with Gasteiger partial charge in [0, 0.05) is 12.6 Å². The fraction of sp³-hybridized carbons (Fsp3) is 0.120. The lowest BCUT2D eigenvalue weighted by atomic mass is 10.1. The van der Waals surface area contributed by atoms with Gasteiger partial charge in [0.25, 0.3) is 5.56 Å². The molecule has 148 valence electrons. The van der Waals surface area contributed by atoms with Crippen LogP contribution in [0.25, 0.3) is 17.1 Å². The molecule has 5 heteroatoms. The van der Waals surface area contributed by atoms with E-state index in [0.29, 0.717) is 24.4 Å². The van der Waals surface area contributed by atoms with E-state index < -0.39 is 0 Å². The minimum atomic E-state index is -0.112. The van der Waals surface area contributed by atoms with Crippen LogP contribution in [0, 0.1) is 6.92 Å². The van der Waals surface area contributed by atoms with Crippen LogP contribution in [0.1, 0.15) is 28.3 Å². The molecule has 5 nitrogen and oxygen atoms in total. The fourth-order valence-electron chi connectivity index (χ4n) is 3.75. The van der Waals surface area contributed by atoms with Gasteiger partial charge in [0.2, 0.25) is 0 Å². The molecule has 0 atom stereocenters. The van der Waals surface area contributed by atoms with Gasteiger partial charge in [-0.3, -0.25) is 9.36 Å². The zero-order chi connectivity index (χ0) is 20.5. The van der Waals surface area contributed by atoms with Gasteiger partial charge in [-0.1, -0.05) is 54.1 Å². The van der Waals surface area contributed by atoms with E-state index in [1.807, 2.05) is 48.7 Å². The first kappa shape index (κ1) is 18.2. The highest BCUT2D eigenvalue weighted by Crippen LogP contribution is 2.24. The smallest absolute Gasteiger partial charge is 0.278 e. The van der Waals surface area contributed by atoms with Crippen LogP contribution < -0.4 is 5.56 Å². The predicted molar refractivity (Wildman–Crippen MR) is 116 cm³/mol. The molecule has 0 unspecified atom stereocenters. The van der Waals surface area contributed by atoms with Crippen molar-refractivity contribution in [3.05, 3.63) is 118 Å². The van der Waals surface area contributed by atoms with Crippen molar-refractivity contribution in [3.8, 4) is 17.1 Å². The molecule has 0 aliphatic carbocycles. The van der Waals surface area contributed by atoms with Crippen molar-refractivity contribution >= 4 is 0 Å². The molecule has 3 heterocycles. The normalized spacial score (nSPS) is 11.2. The molecule has 30 heavy (non-hydrogen) atoms. The van der Waals surface area contributed by atoms with Gasteiger partial charge in [-0.2, -0.15) is 0 Å². The molecule has 2 aromatic carbocycles. The first-order valence-electron chi connectivity index (χ1n) is 9.94. The van der Waals surface area contributed by atoms with E-state index in [0.717, 1.165) is 33.8 Å². The van der Waals surface area contributed by atoms with Crippen LogP contribution in [-0.4, -0.2) is 14.5 Å². The van der Waals surface area contributed by atoms with Gasteiger partial charge in [0.15, 0.2) is 5.82 Å². The number of rotatable bonds is 5. The molecular formula is C25H21N3O2. The molecule has 5 rings (SSSR count). The largest absolute Gasteiger partial charge is 0.469 e. The number of fused-ring (bicyclic) bond motifs is 1. The lowest BCUT2D eigenvalue weighted by Crippen LogP contribution is -2.17. The van der Waals surface area contributed by atoms with Crippen molar-refractivity contribution in [2.45, 2.75) is 19.8 Å².